The zero-order valence-electron chi connectivity index (χ0n) is 20.0. The topological polar surface area (TPSA) is 94.0 Å². The van der Waals surface area contributed by atoms with Gasteiger partial charge in [-0.1, -0.05) is 30.3 Å². The van der Waals surface area contributed by atoms with E-state index in [2.05, 4.69) is 39.5 Å². The molecule has 8 heteroatoms. The summed E-state index contributed by atoms with van der Waals surface area (Å²) in [5.41, 5.74) is 6.59. The Morgan fingerprint density at radius 1 is 0.971 bits per heavy atom. The van der Waals surface area contributed by atoms with E-state index in [1.807, 2.05) is 42.5 Å². The molecule has 1 heterocycles. The van der Waals surface area contributed by atoms with Gasteiger partial charge in [-0.05, 0) is 55.8 Å². The summed E-state index contributed by atoms with van der Waals surface area (Å²) in [5.74, 6) is 0.502. The molecule has 0 saturated heterocycles. The number of fused-ring (bicyclic) bond motifs is 3. The van der Waals surface area contributed by atoms with Crippen LogP contribution in [0.3, 0.4) is 0 Å². The first-order valence-electron chi connectivity index (χ1n) is 11.4. The zero-order chi connectivity index (χ0) is 24.8. The van der Waals surface area contributed by atoms with E-state index in [4.69, 9.17) is 9.47 Å². The summed E-state index contributed by atoms with van der Waals surface area (Å²) in [6, 6.07) is 21.3. The van der Waals surface area contributed by atoms with Crippen LogP contribution in [-0.4, -0.2) is 29.4 Å². The number of nitrogens with zero attached hydrogens (tertiary/aromatic N) is 2. The number of amides is 2. The van der Waals surface area contributed by atoms with Crippen LogP contribution in [0.1, 0.15) is 25.8 Å². The number of nitrogens with one attached hydrogen (secondary N) is 2. The molecule has 0 radical (unpaired) electrons. The molecule has 180 valence electrons. The summed E-state index contributed by atoms with van der Waals surface area (Å²) < 4.78 is 12.5. The lowest BCUT2D eigenvalue weighted by Gasteiger charge is -2.08. The molecule has 0 unspecified atom stereocenters. The Kier molecular flexibility index (Phi) is 7.30. The molecule has 1 aromatic heterocycles. The lowest BCUT2D eigenvalue weighted by atomic mass is 10.1. The molecule has 0 spiro atoms. The fraction of sp³-hybridized carbons (Fsp3) is 0.222. The van der Waals surface area contributed by atoms with Gasteiger partial charge in [-0.2, -0.15) is 5.10 Å². The van der Waals surface area contributed by atoms with Gasteiger partial charge in [-0.15, -0.1) is 0 Å². The van der Waals surface area contributed by atoms with Crippen molar-refractivity contribution in [2.24, 2.45) is 5.10 Å². The van der Waals surface area contributed by atoms with Gasteiger partial charge >= 0.3 is 6.09 Å². The third-order valence-electron chi connectivity index (χ3n) is 5.66. The third-order valence-corrected chi connectivity index (χ3v) is 5.66. The average molecular weight is 473 g/mol. The van der Waals surface area contributed by atoms with Crippen LogP contribution in [0.4, 0.5) is 10.5 Å². The van der Waals surface area contributed by atoms with Gasteiger partial charge in [0.1, 0.15) is 12.4 Å². The predicted octanol–water partition coefficient (Wildman–Crippen LogP) is 5.45. The Hall–Kier alpha value is -4.33. The average Bonchev–Trinajstić information content (AvgIpc) is 3.19. The number of benzene rings is 3. The van der Waals surface area contributed by atoms with E-state index in [0.29, 0.717) is 11.4 Å². The van der Waals surface area contributed by atoms with Crippen molar-refractivity contribution in [3.63, 3.8) is 0 Å². The number of anilines is 1. The Bertz CT molecular complexity index is 1390. The summed E-state index contributed by atoms with van der Waals surface area (Å²) in [5, 5.41) is 9.11. The maximum Gasteiger partial charge on any atom is 0.428 e. The Morgan fingerprint density at radius 3 is 2.46 bits per heavy atom. The number of hydrazone groups is 1. The Morgan fingerprint density at radius 2 is 1.71 bits per heavy atom. The molecule has 2 amide bonds. The Labute approximate surface area is 203 Å². The summed E-state index contributed by atoms with van der Waals surface area (Å²) in [7, 11) is 1.59. The number of carbonyl (C=O) groups excluding carboxylic acids is 2. The van der Waals surface area contributed by atoms with Gasteiger partial charge < -0.3 is 19.4 Å². The number of rotatable bonds is 8. The number of aromatic nitrogens is 1. The molecule has 0 aliphatic carbocycles. The van der Waals surface area contributed by atoms with Gasteiger partial charge in [0.15, 0.2) is 0 Å². The number of methoxy groups -OCH3 is 1. The van der Waals surface area contributed by atoms with Crippen molar-refractivity contribution in [1.29, 1.82) is 0 Å². The molecule has 0 aliphatic rings. The van der Waals surface area contributed by atoms with E-state index < -0.39 is 6.09 Å². The fourth-order valence-corrected chi connectivity index (χ4v) is 3.99. The number of hydrogen-bond donors (Lipinski definition) is 2. The second-order valence-electron chi connectivity index (χ2n) is 8.10. The summed E-state index contributed by atoms with van der Waals surface area (Å²) in [6.45, 7) is 4.75. The molecule has 8 nitrogen and oxygen atoms in total. The third kappa shape index (κ3) is 5.60. The highest BCUT2D eigenvalue weighted by molar-refractivity contribution is 6.11. The lowest BCUT2D eigenvalue weighted by molar-refractivity contribution is -0.115. The van der Waals surface area contributed by atoms with Crippen LogP contribution >= 0.6 is 0 Å². The monoisotopic (exact) mass is 472 g/mol. The zero-order valence-corrected chi connectivity index (χ0v) is 20.0. The van der Waals surface area contributed by atoms with Gasteiger partial charge in [0, 0.05) is 39.7 Å². The molecule has 0 fully saturated rings. The summed E-state index contributed by atoms with van der Waals surface area (Å²) in [6.07, 6.45) is -0.661. The van der Waals surface area contributed by atoms with Gasteiger partial charge in [0.05, 0.1) is 13.5 Å². The normalized spacial score (nSPS) is 11.5. The van der Waals surface area contributed by atoms with E-state index in [-0.39, 0.29) is 18.9 Å². The van der Waals surface area contributed by atoms with E-state index in [9.17, 15) is 9.59 Å². The summed E-state index contributed by atoms with van der Waals surface area (Å²) >= 11 is 0. The molecule has 2 N–H and O–H groups in total. The van der Waals surface area contributed by atoms with Crippen LogP contribution in [0.2, 0.25) is 0 Å². The van der Waals surface area contributed by atoms with Gasteiger partial charge in [0.2, 0.25) is 5.91 Å². The minimum absolute atomic E-state index is 0.0352. The minimum atomic E-state index is -0.696. The van der Waals surface area contributed by atoms with Crippen LogP contribution in [0, 0.1) is 0 Å². The number of ether oxygens (including phenoxy) is 2. The smallest absolute Gasteiger partial charge is 0.428 e. The highest BCUT2D eigenvalue weighted by Crippen LogP contribution is 2.31. The molecule has 0 atom stereocenters. The maximum atomic E-state index is 12.5. The predicted molar refractivity (Wildman–Crippen MR) is 138 cm³/mol. The van der Waals surface area contributed by atoms with Crippen LogP contribution < -0.4 is 15.5 Å². The van der Waals surface area contributed by atoms with Crippen LogP contribution in [0.25, 0.3) is 21.8 Å². The first kappa shape index (κ1) is 23.8. The van der Waals surface area contributed by atoms with Crippen molar-refractivity contribution in [3.8, 4) is 5.75 Å². The molecule has 0 saturated carbocycles. The molecule has 3 aromatic carbocycles. The van der Waals surface area contributed by atoms with Crippen LogP contribution in [-0.2, 0) is 22.7 Å². The van der Waals surface area contributed by atoms with Crippen molar-refractivity contribution in [2.75, 3.05) is 12.4 Å². The van der Waals surface area contributed by atoms with Crippen molar-refractivity contribution >= 4 is 45.2 Å². The molecule has 4 rings (SSSR count). The van der Waals surface area contributed by atoms with Gasteiger partial charge in [-0.3, -0.25) is 4.79 Å². The first-order valence-corrected chi connectivity index (χ1v) is 11.4. The lowest BCUT2D eigenvalue weighted by Crippen LogP contribution is -2.22. The van der Waals surface area contributed by atoms with E-state index >= 15 is 0 Å². The van der Waals surface area contributed by atoms with Crippen molar-refractivity contribution in [3.05, 3.63) is 72.3 Å². The maximum absolute atomic E-state index is 12.5. The fourth-order valence-electron chi connectivity index (χ4n) is 3.99. The standard InChI is InChI=1S/C27H28N4O4/c1-4-31-24-8-6-5-7-22(24)23-16-20(11-14-25(23)31)28-26(32)15-18(2)29-30-27(33)35-17-19-9-12-21(34-3)13-10-19/h5-14,16H,4,15,17H2,1-3H3,(H,28,32)(H,30,33)/b29-18+. The Balaban J connectivity index is 1.32. The molecule has 0 bridgehead atoms. The molecular weight excluding hydrogens is 444 g/mol. The van der Waals surface area contributed by atoms with Crippen molar-refractivity contribution in [2.45, 2.75) is 33.4 Å². The second kappa shape index (κ2) is 10.7. The van der Waals surface area contributed by atoms with Crippen LogP contribution in [0.5, 0.6) is 5.75 Å². The molecular formula is C27H28N4O4. The number of aryl methyl sites for hydroxylation is 1. The van der Waals surface area contributed by atoms with Gasteiger partial charge in [-0.25, -0.2) is 10.2 Å². The van der Waals surface area contributed by atoms with Crippen molar-refractivity contribution in [1.82, 2.24) is 9.99 Å². The van der Waals surface area contributed by atoms with E-state index in [1.165, 1.54) is 5.52 Å². The van der Waals surface area contributed by atoms with Gasteiger partial charge in [0.25, 0.3) is 0 Å². The van der Waals surface area contributed by atoms with E-state index in [0.717, 1.165) is 34.1 Å². The number of para-hydroxylation sites is 1. The highest BCUT2D eigenvalue weighted by Gasteiger charge is 2.11. The van der Waals surface area contributed by atoms with Crippen molar-refractivity contribution < 1.29 is 19.1 Å². The largest absolute Gasteiger partial charge is 0.497 e. The summed E-state index contributed by atoms with van der Waals surface area (Å²) in [4.78, 5) is 24.5. The number of hydrogen-bond acceptors (Lipinski definition) is 5. The van der Waals surface area contributed by atoms with E-state index in [1.54, 1.807) is 26.2 Å². The molecule has 35 heavy (non-hydrogen) atoms. The van der Waals surface area contributed by atoms with Crippen LogP contribution in [0.15, 0.2) is 71.8 Å². The quantitative estimate of drug-likeness (QED) is 0.263. The SMILES string of the molecule is CCn1c2ccccc2c2cc(NC(=O)C/C(C)=N/NC(=O)OCc3ccc(OC)cc3)ccc21. The molecule has 0 aliphatic heterocycles. The second-order valence-corrected chi connectivity index (χ2v) is 8.10. The molecule has 4 aromatic rings. The minimum Gasteiger partial charge on any atom is -0.497 e. The number of carbonyl (C=O) groups is 2. The first-order chi connectivity index (χ1) is 17.0. The highest BCUT2D eigenvalue weighted by atomic mass is 16.6.